The van der Waals surface area contributed by atoms with Gasteiger partial charge in [-0.15, -0.1) is 0 Å². The molecule has 0 saturated carbocycles. The lowest BCUT2D eigenvalue weighted by molar-refractivity contribution is 0.0243. The molecule has 1 amide bonds. The van der Waals surface area contributed by atoms with Crippen LogP contribution in [0.2, 0.25) is 0 Å². The highest BCUT2D eigenvalue weighted by molar-refractivity contribution is 5.94. The van der Waals surface area contributed by atoms with Gasteiger partial charge >= 0.3 is 0 Å². The van der Waals surface area contributed by atoms with Crippen molar-refractivity contribution in [1.29, 1.82) is 0 Å². The van der Waals surface area contributed by atoms with E-state index in [4.69, 9.17) is 9.47 Å². The fourth-order valence-corrected chi connectivity index (χ4v) is 1.58. The number of methoxy groups -OCH3 is 2. The molecule has 1 unspecified atom stereocenters. The molecule has 0 aliphatic heterocycles. The van der Waals surface area contributed by atoms with Crippen molar-refractivity contribution in [2.24, 2.45) is 0 Å². The lowest BCUT2D eigenvalue weighted by Crippen LogP contribution is -2.41. The maximum absolute atomic E-state index is 13.7. The van der Waals surface area contributed by atoms with Crippen molar-refractivity contribution in [3.05, 3.63) is 29.6 Å². The lowest BCUT2D eigenvalue weighted by atomic mass is 10.0. The van der Waals surface area contributed by atoms with Crippen LogP contribution in [-0.4, -0.2) is 44.0 Å². The number of carbonyl (C=O) groups is 1. The number of rotatable bonds is 7. The minimum absolute atomic E-state index is 0.0145. The quantitative estimate of drug-likeness (QED) is 0.793. The number of ether oxygens (including phenoxy) is 2. The number of nitrogens with one attached hydrogen (secondary N) is 1. The number of hydrogen-bond acceptors (Lipinski definition) is 4. The van der Waals surface area contributed by atoms with Crippen LogP contribution >= 0.6 is 0 Å². The Morgan fingerprint density at radius 1 is 1.45 bits per heavy atom. The molecule has 0 spiro atoms. The van der Waals surface area contributed by atoms with Crippen LogP contribution in [0.4, 0.5) is 4.39 Å². The Kier molecular flexibility index (Phi) is 5.91. The number of halogens is 1. The minimum Gasteiger partial charge on any atom is -0.497 e. The largest absolute Gasteiger partial charge is 0.497 e. The zero-order chi connectivity index (χ0) is 15.2. The summed E-state index contributed by atoms with van der Waals surface area (Å²) in [5.74, 6) is -0.910. The van der Waals surface area contributed by atoms with Gasteiger partial charge in [0.1, 0.15) is 11.6 Å². The normalized spacial score (nSPS) is 13.7. The maximum atomic E-state index is 13.7. The van der Waals surface area contributed by atoms with Gasteiger partial charge < -0.3 is 19.9 Å². The molecule has 0 radical (unpaired) electrons. The van der Waals surface area contributed by atoms with Gasteiger partial charge in [0.15, 0.2) is 0 Å². The van der Waals surface area contributed by atoms with Crippen molar-refractivity contribution in [3.63, 3.8) is 0 Å². The number of amides is 1. The van der Waals surface area contributed by atoms with Crippen LogP contribution < -0.4 is 10.1 Å². The third kappa shape index (κ3) is 4.79. The summed E-state index contributed by atoms with van der Waals surface area (Å²) in [5.41, 5.74) is -1.19. The molecule has 1 aromatic carbocycles. The van der Waals surface area contributed by atoms with Crippen molar-refractivity contribution in [2.45, 2.75) is 18.9 Å². The average molecular weight is 285 g/mol. The summed E-state index contributed by atoms with van der Waals surface area (Å²) in [6.45, 7) is 1.97. The van der Waals surface area contributed by atoms with E-state index in [-0.39, 0.29) is 12.1 Å². The topological polar surface area (TPSA) is 67.8 Å². The van der Waals surface area contributed by atoms with Crippen LogP contribution in [0, 0.1) is 5.82 Å². The van der Waals surface area contributed by atoms with E-state index in [2.05, 4.69) is 5.32 Å². The summed E-state index contributed by atoms with van der Waals surface area (Å²) in [6.07, 6.45) is 0.370. The summed E-state index contributed by atoms with van der Waals surface area (Å²) < 4.78 is 23.4. The van der Waals surface area contributed by atoms with Crippen LogP contribution in [-0.2, 0) is 4.74 Å². The smallest absolute Gasteiger partial charge is 0.254 e. The molecule has 0 aliphatic carbocycles. The van der Waals surface area contributed by atoms with E-state index in [1.165, 1.54) is 26.4 Å². The molecule has 20 heavy (non-hydrogen) atoms. The number of hydrogen-bond donors (Lipinski definition) is 2. The first kappa shape index (κ1) is 16.4. The molecule has 1 rings (SSSR count). The highest BCUT2D eigenvalue weighted by Gasteiger charge is 2.22. The summed E-state index contributed by atoms with van der Waals surface area (Å²) in [7, 11) is 2.95. The SMILES string of the molecule is COCCC(C)(O)CNC(=O)c1ccc(OC)cc1F. The van der Waals surface area contributed by atoms with Gasteiger partial charge in [-0.3, -0.25) is 4.79 Å². The van der Waals surface area contributed by atoms with E-state index in [0.717, 1.165) is 6.07 Å². The predicted molar refractivity (Wildman–Crippen MR) is 72.4 cm³/mol. The van der Waals surface area contributed by atoms with Gasteiger partial charge in [0.25, 0.3) is 5.91 Å². The maximum Gasteiger partial charge on any atom is 0.254 e. The number of aliphatic hydroxyl groups is 1. The average Bonchev–Trinajstić information content (AvgIpc) is 2.42. The van der Waals surface area contributed by atoms with Crippen molar-refractivity contribution in [2.75, 3.05) is 27.4 Å². The van der Waals surface area contributed by atoms with E-state index in [1.807, 2.05) is 0 Å². The summed E-state index contributed by atoms with van der Waals surface area (Å²) in [5, 5.41) is 12.5. The second kappa shape index (κ2) is 7.21. The zero-order valence-corrected chi connectivity index (χ0v) is 11.9. The fraction of sp³-hybridized carbons (Fsp3) is 0.500. The Balaban J connectivity index is 2.63. The van der Waals surface area contributed by atoms with Crippen molar-refractivity contribution < 1.29 is 23.8 Å². The van der Waals surface area contributed by atoms with Crippen molar-refractivity contribution >= 4 is 5.91 Å². The Morgan fingerprint density at radius 3 is 2.70 bits per heavy atom. The van der Waals surface area contributed by atoms with E-state index in [9.17, 15) is 14.3 Å². The first-order valence-corrected chi connectivity index (χ1v) is 6.22. The molecule has 112 valence electrons. The molecule has 0 aliphatic rings. The van der Waals surface area contributed by atoms with Gasteiger partial charge in [-0.05, 0) is 19.1 Å². The molecule has 2 N–H and O–H groups in total. The molecule has 0 bridgehead atoms. The van der Waals surface area contributed by atoms with Gasteiger partial charge in [-0.2, -0.15) is 0 Å². The number of benzene rings is 1. The first-order chi connectivity index (χ1) is 9.39. The summed E-state index contributed by atoms with van der Waals surface area (Å²) in [4.78, 5) is 11.9. The van der Waals surface area contributed by atoms with Gasteiger partial charge in [0, 0.05) is 32.7 Å². The van der Waals surface area contributed by atoms with Crippen LogP contribution in [0.25, 0.3) is 0 Å². The molecule has 6 heteroatoms. The highest BCUT2D eigenvalue weighted by atomic mass is 19.1. The van der Waals surface area contributed by atoms with E-state index in [1.54, 1.807) is 6.92 Å². The minimum atomic E-state index is -1.10. The molecule has 1 atom stereocenters. The monoisotopic (exact) mass is 285 g/mol. The van der Waals surface area contributed by atoms with Crippen LogP contribution in [0.15, 0.2) is 18.2 Å². The second-order valence-corrected chi connectivity index (χ2v) is 4.77. The molecule has 5 nitrogen and oxygen atoms in total. The standard InChI is InChI=1S/C14H20FNO4/c1-14(18,6-7-19-2)9-16-13(17)11-5-4-10(20-3)8-12(11)15/h4-5,8,18H,6-7,9H2,1-3H3,(H,16,17). The van der Waals surface area contributed by atoms with Gasteiger partial charge in [0.05, 0.1) is 18.3 Å². The van der Waals surface area contributed by atoms with Gasteiger partial charge in [-0.25, -0.2) is 4.39 Å². The molecule has 0 aromatic heterocycles. The highest BCUT2D eigenvalue weighted by Crippen LogP contribution is 2.16. The first-order valence-electron chi connectivity index (χ1n) is 6.22. The molecule has 0 saturated heterocycles. The van der Waals surface area contributed by atoms with Crippen LogP contribution in [0.1, 0.15) is 23.7 Å². The van der Waals surface area contributed by atoms with Crippen LogP contribution in [0.3, 0.4) is 0 Å². The van der Waals surface area contributed by atoms with Crippen LogP contribution in [0.5, 0.6) is 5.75 Å². The Bertz CT molecular complexity index is 462. The molecule has 1 aromatic rings. The Morgan fingerprint density at radius 2 is 2.15 bits per heavy atom. The Labute approximate surface area is 117 Å². The summed E-state index contributed by atoms with van der Waals surface area (Å²) in [6, 6.07) is 3.98. The fourth-order valence-electron chi connectivity index (χ4n) is 1.58. The summed E-state index contributed by atoms with van der Waals surface area (Å²) >= 11 is 0. The second-order valence-electron chi connectivity index (χ2n) is 4.77. The molecule has 0 fully saturated rings. The van der Waals surface area contributed by atoms with E-state index >= 15 is 0 Å². The Hall–Kier alpha value is -1.66. The third-order valence-electron chi connectivity index (χ3n) is 2.90. The van der Waals surface area contributed by atoms with E-state index in [0.29, 0.717) is 18.8 Å². The van der Waals surface area contributed by atoms with Gasteiger partial charge in [-0.1, -0.05) is 0 Å². The molecule has 0 heterocycles. The van der Waals surface area contributed by atoms with E-state index < -0.39 is 17.3 Å². The lowest BCUT2D eigenvalue weighted by Gasteiger charge is -2.23. The van der Waals surface area contributed by atoms with Gasteiger partial charge in [0.2, 0.25) is 0 Å². The predicted octanol–water partition coefficient (Wildman–Crippen LogP) is 1.35. The van der Waals surface area contributed by atoms with Crippen molar-refractivity contribution in [1.82, 2.24) is 5.32 Å². The molecular weight excluding hydrogens is 265 g/mol. The molecular formula is C14H20FNO4. The third-order valence-corrected chi connectivity index (χ3v) is 2.90. The number of carbonyl (C=O) groups excluding carboxylic acids is 1. The van der Waals surface area contributed by atoms with Crippen molar-refractivity contribution in [3.8, 4) is 5.75 Å². The zero-order valence-electron chi connectivity index (χ0n) is 11.9.